The van der Waals surface area contributed by atoms with Crippen molar-refractivity contribution >= 4 is 0 Å². The molecule has 1 unspecified atom stereocenters. The Labute approximate surface area is 113 Å². The Bertz CT molecular complexity index is 521. The summed E-state index contributed by atoms with van der Waals surface area (Å²) in [7, 11) is 0. The summed E-state index contributed by atoms with van der Waals surface area (Å²) in [5.41, 5.74) is 8.39. The van der Waals surface area contributed by atoms with Gasteiger partial charge in [-0.05, 0) is 5.56 Å². The topological polar surface area (TPSA) is 44.5 Å². The fourth-order valence-electron chi connectivity index (χ4n) is 2.50. The highest BCUT2D eigenvalue weighted by Gasteiger charge is 2.45. The third kappa shape index (κ3) is 2.16. The second-order valence-electron chi connectivity index (χ2n) is 4.62. The zero-order chi connectivity index (χ0) is 13.1. The van der Waals surface area contributed by atoms with E-state index in [2.05, 4.69) is 0 Å². The molecule has 1 saturated heterocycles. The fourth-order valence-corrected chi connectivity index (χ4v) is 2.50. The van der Waals surface area contributed by atoms with E-state index in [-0.39, 0.29) is 6.04 Å². The van der Waals surface area contributed by atoms with E-state index in [1.54, 1.807) is 0 Å². The summed E-state index contributed by atoms with van der Waals surface area (Å²) in [4.78, 5) is 0. The highest BCUT2D eigenvalue weighted by atomic mass is 16.7. The van der Waals surface area contributed by atoms with Crippen molar-refractivity contribution in [2.75, 3.05) is 13.2 Å². The van der Waals surface area contributed by atoms with Gasteiger partial charge in [0.15, 0.2) is 0 Å². The number of ether oxygens (including phenoxy) is 2. The van der Waals surface area contributed by atoms with Crippen LogP contribution in [0.1, 0.15) is 17.2 Å². The van der Waals surface area contributed by atoms with Crippen LogP contribution in [-0.4, -0.2) is 13.2 Å². The zero-order valence-electron chi connectivity index (χ0n) is 10.7. The first-order valence-corrected chi connectivity index (χ1v) is 6.47. The molecule has 0 radical (unpaired) electrons. The molecule has 0 spiro atoms. The lowest BCUT2D eigenvalue weighted by atomic mass is 9.93. The van der Waals surface area contributed by atoms with E-state index in [4.69, 9.17) is 15.2 Å². The molecular weight excluding hydrogens is 238 g/mol. The van der Waals surface area contributed by atoms with Crippen LogP contribution in [0.4, 0.5) is 0 Å². The smallest absolute Gasteiger partial charge is 0.215 e. The summed E-state index contributed by atoms with van der Waals surface area (Å²) in [6, 6.07) is 19.5. The normalized spacial score (nSPS) is 19.2. The molecule has 98 valence electrons. The van der Waals surface area contributed by atoms with E-state index in [1.165, 1.54) is 0 Å². The van der Waals surface area contributed by atoms with Crippen LogP contribution in [0, 0.1) is 0 Å². The van der Waals surface area contributed by atoms with Gasteiger partial charge in [0.1, 0.15) is 0 Å². The van der Waals surface area contributed by atoms with Crippen molar-refractivity contribution in [1.29, 1.82) is 0 Å². The quantitative estimate of drug-likeness (QED) is 0.916. The van der Waals surface area contributed by atoms with Crippen LogP contribution >= 0.6 is 0 Å². The maximum atomic E-state index is 6.42. The molecule has 1 heterocycles. The Balaban J connectivity index is 2.02. The standard InChI is InChI=1S/C16H17NO2/c17-15(13-7-3-1-4-8-13)16(18-11-12-19-16)14-9-5-2-6-10-14/h1-10,15H,11-12,17H2. The molecule has 3 nitrogen and oxygen atoms in total. The van der Waals surface area contributed by atoms with E-state index < -0.39 is 5.79 Å². The minimum atomic E-state index is -0.872. The summed E-state index contributed by atoms with van der Waals surface area (Å²) in [5.74, 6) is -0.872. The molecule has 3 heteroatoms. The van der Waals surface area contributed by atoms with Crippen molar-refractivity contribution in [2.24, 2.45) is 5.73 Å². The second kappa shape index (κ2) is 5.13. The summed E-state index contributed by atoms with van der Waals surface area (Å²) in [6.07, 6.45) is 0. The molecule has 1 fully saturated rings. The summed E-state index contributed by atoms with van der Waals surface area (Å²) in [6.45, 7) is 1.13. The molecule has 0 amide bonds. The summed E-state index contributed by atoms with van der Waals surface area (Å²) in [5, 5.41) is 0. The maximum Gasteiger partial charge on any atom is 0.215 e. The predicted molar refractivity (Wildman–Crippen MR) is 73.4 cm³/mol. The molecule has 19 heavy (non-hydrogen) atoms. The Kier molecular flexibility index (Phi) is 3.34. The van der Waals surface area contributed by atoms with Gasteiger partial charge in [0, 0.05) is 5.56 Å². The first-order valence-electron chi connectivity index (χ1n) is 6.47. The fraction of sp³-hybridized carbons (Fsp3) is 0.250. The number of benzene rings is 2. The Hall–Kier alpha value is -1.68. The SMILES string of the molecule is NC(c1ccccc1)C1(c2ccccc2)OCCO1. The molecule has 0 bridgehead atoms. The number of nitrogens with two attached hydrogens (primary N) is 1. The zero-order valence-corrected chi connectivity index (χ0v) is 10.7. The van der Waals surface area contributed by atoms with Crippen molar-refractivity contribution in [2.45, 2.75) is 11.8 Å². The molecule has 0 saturated carbocycles. The third-order valence-corrected chi connectivity index (χ3v) is 3.46. The van der Waals surface area contributed by atoms with Gasteiger partial charge in [-0.1, -0.05) is 60.7 Å². The minimum Gasteiger partial charge on any atom is -0.342 e. The molecule has 3 rings (SSSR count). The summed E-state index contributed by atoms with van der Waals surface area (Å²) < 4.78 is 11.8. The average Bonchev–Trinajstić information content (AvgIpc) is 2.99. The highest BCUT2D eigenvalue weighted by Crippen LogP contribution is 2.40. The molecule has 2 aromatic rings. The van der Waals surface area contributed by atoms with Crippen molar-refractivity contribution in [3.8, 4) is 0 Å². The first kappa shape index (κ1) is 12.4. The van der Waals surface area contributed by atoms with Crippen LogP contribution < -0.4 is 5.73 Å². The highest BCUT2D eigenvalue weighted by molar-refractivity contribution is 5.29. The molecule has 0 aromatic heterocycles. The van der Waals surface area contributed by atoms with E-state index >= 15 is 0 Å². The van der Waals surface area contributed by atoms with E-state index in [9.17, 15) is 0 Å². The monoisotopic (exact) mass is 255 g/mol. The second-order valence-corrected chi connectivity index (χ2v) is 4.62. The largest absolute Gasteiger partial charge is 0.342 e. The molecule has 1 aliphatic heterocycles. The third-order valence-electron chi connectivity index (χ3n) is 3.46. The number of hydrogen-bond acceptors (Lipinski definition) is 3. The van der Waals surface area contributed by atoms with Crippen LogP contribution in [-0.2, 0) is 15.3 Å². The van der Waals surface area contributed by atoms with E-state index in [0.29, 0.717) is 13.2 Å². The van der Waals surface area contributed by atoms with Gasteiger partial charge in [-0.15, -0.1) is 0 Å². The van der Waals surface area contributed by atoms with Crippen LogP contribution in [0.25, 0.3) is 0 Å². The molecule has 1 aliphatic rings. The van der Waals surface area contributed by atoms with Gasteiger partial charge in [-0.3, -0.25) is 0 Å². The Morgan fingerprint density at radius 2 is 1.37 bits per heavy atom. The van der Waals surface area contributed by atoms with Crippen molar-refractivity contribution in [3.05, 3.63) is 71.8 Å². The van der Waals surface area contributed by atoms with Gasteiger partial charge in [-0.25, -0.2) is 0 Å². The Morgan fingerprint density at radius 3 is 1.95 bits per heavy atom. The van der Waals surface area contributed by atoms with Gasteiger partial charge < -0.3 is 15.2 Å². The maximum absolute atomic E-state index is 6.42. The van der Waals surface area contributed by atoms with E-state index in [0.717, 1.165) is 11.1 Å². The van der Waals surface area contributed by atoms with Crippen LogP contribution in [0.15, 0.2) is 60.7 Å². The molecular formula is C16H17NO2. The molecule has 2 aromatic carbocycles. The number of hydrogen-bond donors (Lipinski definition) is 1. The van der Waals surface area contributed by atoms with Gasteiger partial charge in [0.25, 0.3) is 0 Å². The minimum absolute atomic E-state index is 0.349. The first-order chi connectivity index (χ1) is 9.33. The van der Waals surface area contributed by atoms with Gasteiger partial charge in [0.2, 0.25) is 5.79 Å². The van der Waals surface area contributed by atoms with Crippen LogP contribution in [0.2, 0.25) is 0 Å². The van der Waals surface area contributed by atoms with Gasteiger partial charge in [0.05, 0.1) is 19.3 Å². The van der Waals surface area contributed by atoms with Crippen LogP contribution in [0.5, 0.6) is 0 Å². The van der Waals surface area contributed by atoms with Gasteiger partial charge >= 0.3 is 0 Å². The summed E-state index contributed by atoms with van der Waals surface area (Å²) >= 11 is 0. The van der Waals surface area contributed by atoms with Crippen molar-refractivity contribution < 1.29 is 9.47 Å². The number of rotatable bonds is 3. The lowest BCUT2D eigenvalue weighted by molar-refractivity contribution is -0.183. The van der Waals surface area contributed by atoms with Crippen molar-refractivity contribution in [3.63, 3.8) is 0 Å². The van der Waals surface area contributed by atoms with Gasteiger partial charge in [-0.2, -0.15) is 0 Å². The lowest BCUT2D eigenvalue weighted by Crippen LogP contribution is -2.39. The lowest BCUT2D eigenvalue weighted by Gasteiger charge is -2.33. The van der Waals surface area contributed by atoms with E-state index in [1.807, 2.05) is 60.7 Å². The molecule has 0 aliphatic carbocycles. The Morgan fingerprint density at radius 1 is 0.842 bits per heavy atom. The average molecular weight is 255 g/mol. The van der Waals surface area contributed by atoms with Crippen molar-refractivity contribution in [1.82, 2.24) is 0 Å². The molecule has 1 atom stereocenters. The molecule has 2 N–H and O–H groups in total. The van der Waals surface area contributed by atoms with Crippen LogP contribution in [0.3, 0.4) is 0 Å². The predicted octanol–water partition coefficient (Wildman–Crippen LogP) is 2.59.